The summed E-state index contributed by atoms with van der Waals surface area (Å²) in [6.07, 6.45) is 0.594. The molecule has 1 aromatic rings. The fraction of sp³-hybridized carbons (Fsp3) is 0.556. The van der Waals surface area contributed by atoms with E-state index in [-0.39, 0.29) is 24.5 Å². The van der Waals surface area contributed by atoms with Crippen LogP contribution in [0.4, 0.5) is 0 Å². The number of amides is 1. The standard InChI is InChI=1S/C18H25NO6S/c1-5-11(2)17(18(23)24-4)19-15(21)10-25-16(22)9-7-13(20)14-8-6-12(3)26-14/h6,8,11,17H,5,7,9-10H2,1-4H3,(H,19,21)/t11-,17-/m0/s1. The minimum absolute atomic E-state index is 0.0259. The second-order valence-corrected chi connectivity index (χ2v) is 7.24. The van der Waals surface area contributed by atoms with Crippen molar-refractivity contribution in [3.8, 4) is 0 Å². The molecule has 0 fully saturated rings. The molecule has 1 heterocycles. The number of carbonyl (C=O) groups excluding carboxylic acids is 4. The molecule has 0 aromatic carbocycles. The van der Waals surface area contributed by atoms with E-state index in [9.17, 15) is 19.2 Å². The van der Waals surface area contributed by atoms with E-state index >= 15 is 0 Å². The highest BCUT2D eigenvalue weighted by molar-refractivity contribution is 7.14. The highest BCUT2D eigenvalue weighted by Crippen LogP contribution is 2.17. The van der Waals surface area contributed by atoms with Crippen molar-refractivity contribution in [1.82, 2.24) is 5.32 Å². The van der Waals surface area contributed by atoms with Crippen LogP contribution in [-0.2, 0) is 23.9 Å². The summed E-state index contributed by atoms with van der Waals surface area (Å²) in [5.41, 5.74) is 0. The molecule has 7 nitrogen and oxygen atoms in total. The Hall–Kier alpha value is -2.22. The highest BCUT2D eigenvalue weighted by Gasteiger charge is 2.27. The first-order chi connectivity index (χ1) is 12.3. The topological polar surface area (TPSA) is 98.8 Å². The lowest BCUT2D eigenvalue weighted by molar-refractivity contribution is -0.151. The van der Waals surface area contributed by atoms with Gasteiger partial charge in [-0.1, -0.05) is 20.3 Å². The predicted octanol–water partition coefficient (Wildman–Crippen LogP) is 2.27. The third-order valence-electron chi connectivity index (χ3n) is 3.92. The van der Waals surface area contributed by atoms with Crippen molar-refractivity contribution in [3.05, 3.63) is 21.9 Å². The maximum absolute atomic E-state index is 11.9. The number of ketones is 1. The van der Waals surface area contributed by atoms with E-state index in [4.69, 9.17) is 4.74 Å². The van der Waals surface area contributed by atoms with Gasteiger partial charge in [0.1, 0.15) is 6.04 Å². The highest BCUT2D eigenvalue weighted by atomic mass is 32.1. The number of hydrogen-bond donors (Lipinski definition) is 1. The smallest absolute Gasteiger partial charge is 0.328 e. The molecule has 2 atom stereocenters. The molecule has 0 aliphatic rings. The van der Waals surface area contributed by atoms with Crippen LogP contribution in [0.25, 0.3) is 0 Å². The molecule has 144 valence electrons. The van der Waals surface area contributed by atoms with Gasteiger partial charge < -0.3 is 14.8 Å². The Morgan fingerprint density at radius 1 is 1.19 bits per heavy atom. The maximum atomic E-state index is 11.9. The number of Topliss-reactive ketones (excluding diaryl/α,β-unsaturated/α-hetero) is 1. The number of methoxy groups -OCH3 is 1. The number of aryl methyl sites for hydroxylation is 1. The van der Waals surface area contributed by atoms with Gasteiger partial charge in [-0.25, -0.2) is 4.79 Å². The molecule has 0 saturated carbocycles. The molecule has 26 heavy (non-hydrogen) atoms. The zero-order valence-corrected chi connectivity index (χ0v) is 16.3. The van der Waals surface area contributed by atoms with Gasteiger partial charge >= 0.3 is 11.9 Å². The van der Waals surface area contributed by atoms with Crippen LogP contribution in [0, 0.1) is 12.8 Å². The van der Waals surface area contributed by atoms with Gasteiger partial charge in [-0.2, -0.15) is 0 Å². The van der Waals surface area contributed by atoms with Gasteiger partial charge in [-0.15, -0.1) is 11.3 Å². The summed E-state index contributed by atoms with van der Waals surface area (Å²) in [4.78, 5) is 48.9. The SMILES string of the molecule is CC[C@H](C)[C@H](NC(=O)COC(=O)CCC(=O)c1ccc(C)s1)C(=O)OC. The first-order valence-corrected chi connectivity index (χ1v) is 9.22. The van der Waals surface area contributed by atoms with Gasteiger partial charge in [0.2, 0.25) is 0 Å². The summed E-state index contributed by atoms with van der Waals surface area (Å²) in [6.45, 7) is 5.09. The number of ether oxygens (including phenoxy) is 2. The number of carbonyl (C=O) groups is 4. The zero-order valence-electron chi connectivity index (χ0n) is 15.5. The third-order valence-corrected chi connectivity index (χ3v) is 4.96. The monoisotopic (exact) mass is 383 g/mol. The second-order valence-electron chi connectivity index (χ2n) is 5.95. The Balaban J connectivity index is 2.39. The molecule has 0 unspecified atom stereocenters. The Labute approximate surface area is 157 Å². The Morgan fingerprint density at radius 2 is 1.88 bits per heavy atom. The van der Waals surface area contributed by atoms with Crippen molar-refractivity contribution in [3.63, 3.8) is 0 Å². The lowest BCUT2D eigenvalue weighted by Crippen LogP contribution is -2.47. The quantitative estimate of drug-likeness (QED) is 0.491. The molecular formula is C18H25NO6S. The fourth-order valence-electron chi connectivity index (χ4n) is 2.15. The summed E-state index contributed by atoms with van der Waals surface area (Å²) in [7, 11) is 1.25. The van der Waals surface area contributed by atoms with E-state index in [0.717, 1.165) is 4.88 Å². The van der Waals surface area contributed by atoms with Crippen molar-refractivity contribution in [2.75, 3.05) is 13.7 Å². The normalized spacial score (nSPS) is 12.8. The molecule has 0 aliphatic carbocycles. The molecule has 0 aliphatic heterocycles. The molecule has 1 amide bonds. The maximum Gasteiger partial charge on any atom is 0.328 e. The first kappa shape index (κ1) is 21.8. The van der Waals surface area contributed by atoms with Crippen LogP contribution in [0.15, 0.2) is 12.1 Å². The number of thiophene rings is 1. The van der Waals surface area contributed by atoms with Crippen LogP contribution in [0.5, 0.6) is 0 Å². The molecule has 8 heteroatoms. The molecule has 0 spiro atoms. The van der Waals surface area contributed by atoms with E-state index < -0.39 is 30.5 Å². The lowest BCUT2D eigenvalue weighted by atomic mass is 9.99. The van der Waals surface area contributed by atoms with Crippen molar-refractivity contribution >= 4 is 35.0 Å². The number of nitrogens with one attached hydrogen (secondary N) is 1. The molecule has 0 radical (unpaired) electrons. The van der Waals surface area contributed by atoms with Crippen LogP contribution in [0.2, 0.25) is 0 Å². The molecule has 1 rings (SSSR count). The number of hydrogen-bond acceptors (Lipinski definition) is 7. The van der Waals surface area contributed by atoms with E-state index in [1.165, 1.54) is 18.4 Å². The third kappa shape index (κ3) is 6.95. The van der Waals surface area contributed by atoms with Crippen LogP contribution in [0.3, 0.4) is 0 Å². The van der Waals surface area contributed by atoms with E-state index in [1.54, 1.807) is 6.07 Å². The number of esters is 2. The van der Waals surface area contributed by atoms with Crippen LogP contribution >= 0.6 is 11.3 Å². The van der Waals surface area contributed by atoms with Crippen LogP contribution in [-0.4, -0.2) is 43.4 Å². The molecule has 0 saturated heterocycles. The Bertz CT molecular complexity index is 654. The average Bonchev–Trinajstić information content (AvgIpc) is 3.07. The molecule has 1 N–H and O–H groups in total. The van der Waals surface area contributed by atoms with E-state index in [0.29, 0.717) is 11.3 Å². The Morgan fingerprint density at radius 3 is 2.42 bits per heavy atom. The molecule has 0 bridgehead atoms. The first-order valence-electron chi connectivity index (χ1n) is 8.40. The predicted molar refractivity (Wildman–Crippen MR) is 97.0 cm³/mol. The van der Waals surface area contributed by atoms with Crippen LogP contribution < -0.4 is 5.32 Å². The fourth-order valence-corrected chi connectivity index (χ4v) is 2.99. The van der Waals surface area contributed by atoms with Crippen molar-refractivity contribution in [1.29, 1.82) is 0 Å². The average molecular weight is 383 g/mol. The van der Waals surface area contributed by atoms with Gasteiger partial charge in [0.05, 0.1) is 18.4 Å². The summed E-state index contributed by atoms with van der Waals surface area (Å²) in [5.74, 6) is -2.02. The number of rotatable bonds is 10. The van der Waals surface area contributed by atoms with Gasteiger partial charge in [0.15, 0.2) is 12.4 Å². The molecular weight excluding hydrogens is 358 g/mol. The summed E-state index contributed by atoms with van der Waals surface area (Å²) < 4.78 is 9.54. The van der Waals surface area contributed by atoms with Crippen molar-refractivity contribution in [2.24, 2.45) is 5.92 Å². The van der Waals surface area contributed by atoms with Crippen molar-refractivity contribution in [2.45, 2.75) is 46.1 Å². The van der Waals surface area contributed by atoms with Crippen LogP contribution in [0.1, 0.15) is 47.7 Å². The summed E-state index contributed by atoms with van der Waals surface area (Å²) in [5, 5.41) is 2.51. The van der Waals surface area contributed by atoms with Gasteiger partial charge in [0.25, 0.3) is 5.91 Å². The zero-order chi connectivity index (χ0) is 19.7. The Kier molecular flexibility index (Phi) is 8.98. The minimum Gasteiger partial charge on any atom is -0.467 e. The van der Waals surface area contributed by atoms with E-state index in [1.807, 2.05) is 26.8 Å². The summed E-state index contributed by atoms with van der Waals surface area (Å²) in [6, 6.07) is 2.78. The van der Waals surface area contributed by atoms with E-state index in [2.05, 4.69) is 10.1 Å². The minimum atomic E-state index is -0.792. The molecule has 1 aromatic heterocycles. The summed E-state index contributed by atoms with van der Waals surface area (Å²) >= 11 is 1.37. The van der Waals surface area contributed by atoms with Crippen molar-refractivity contribution < 1.29 is 28.7 Å². The largest absolute Gasteiger partial charge is 0.467 e. The van der Waals surface area contributed by atoms with Gasteiger partial charge in [-0.05, 0) is 25.0 Å². The second kappa shape index (κ2) is 10.7. The van der Waals surface area contributed by atoms with Gasteiger partial charge in [0, 0.05) is 11.3 Å². The lowest BCUT2D eigenvalue weighted by Gasteiger charge is -2.21. The van der Waals surface area contributed by atoms with Gasteiger partial charge in [-0.3, -0.25) is 14.4 Å².